The third-order valence-electron chi connectivity index (χ3n) is 5.89. The van der Waals surface area contributed by atoms with Gasteiger partial charge in [-0.05, 0) is 44.2 Å². The fourth-order valence-electron chi connectivity index (χ4n) is 4.35. The first-order valence-electron chi connectivity index (χ1n) is 11.5. The number of para-hydroxylation sites is 1. The molecule has 1 aliphatic rings. The molecule has 2 heterocycles. The summed E-state index contributed by atoms with van der Waals surface area (Å²) in [5.41, 5.74) is 9.59. The van der Waals surface area contributed by atoms with Gasteiger partial charge in [-0.25, -0.2) is 4.98 Å². The highest BCUT2D eigenvalue weighted by Gasteiger charge is 2.21. The van der Waals surface area contributed by atoms with E-state index in [2.05, 4.69) is 51.8 Å². The molecule has 178 valence electrons. The van der Waals surface area contributed by atoms with Crippen LogP contribution < -0.4 is 31.3 Å². The molecule has 1 amide bonds. The van der Waals surface area contributed by atoms with Crippen molar-refractivity contribution in [2.45, 2.75) is 32.5 Å². The van der Waals surface area contributed by atoms with E-state index < -0.39 is 5.91 Å². The van der Waals surface area contributed by atoms with Gasteiger partial charge in [-0.2, -0.15) is 0 Å². The molecule has 8 nitrogen and oxygen atoms in total. The van der Waals surface area contributed by atoms with Crippen molar-refractivity contribution in [3.8, 4) is 5.75 Å². The summed E-state index contributed by atoms with van der Waals surface area (Å²) >= 11 is 0. The Morgan fingerprint density at radius 1 is 1.15 bits per heavy atom. The highest BCUT2D eigenvalue weighted by Crippen LogP contribution is 2.26. The number of carbonyl (C=O) groups is 1. The van der Waals surface area contributed by atoms with E-state index in [1.165, 1.54) is 11.9 Å². The fraction of sp³-hybridized carbons (Fsp3) is 0.308. The number of amides is 1. The van der Waals surface area contributed by atoms with Gasteiger partial charge >= 0.3 is 0 Å². The molecule has 0 spiro atoms. The number of hydrogen-bond donors (Lipinski definition) is 4. The highest BCUT2D eigenvalue weighted by atomic mass is 16.5. The molecule has 8 heteroatoms. The van der Waals surface area contributed by atoms with E-state index in [9.17, 15) is 4.79 Å². The molecule has 1 aromatic heterocycles. The summed E-state index contributed by atoms with van der Waals surface area (Å²) in [4.78, 5) is 18.7. The van der Waals surface area contributed by atoms with Gasteiger partial charge in [0.05, 0.1) is 18.4 Å². The molecular weight excluding hydrogens is 428 g/mol. The predicted molar refractivity (Wildman–Crippen MR) is 137 cm³/mol. The summed E-state index contributed by atoms with van der Waals surface area (Å²) in [6, 6.07) is 18.7. The van der Waals surface area contributed by atoms with E-state index in [1.54, 1.807) is 13.2 Å². The molecule has 4 rings (SSSR count). The summed E-state index contributed by atoms with van der Waals surface area (Å²) in [6.45, 7) is 6.85. The van der Waals surface area contributed by atoms with Crippen LogP contribution in [0, 0.1) is 0 Å². The van der Waals surface area contributed by atoms with Crippen LogP contribution in [-0.4, -0.2) is 43.2 Å². The fourth-order valence-corrected chi connectivity index (χ4v) is 4.35. The number of nitrogens with zero attached hydrogens (tertiary/aromatic N) is 2. The maximum absolute atomic E-state index is 11.9. The smallest absolute Gasteiger partial charge is 0.252 e. The summed E-state index contributed by atoms with van der Waals surface area (Å²) in [6.07, 6.45) is 1.49. The second kappa shape index (κ2) is 10.4. The van der Waals surface area contributed by atoms with E-state index in [0.29, 0.717) is 35.7 Å². The Labute approximate surface area is 200 Å². The van der Waals surface area contributed by atoms with Gasteiger partial charge in [0.2, 0.25) is 0 Å². The SMILES string of the molecule is COc1ccccc1CNc1cc(Nc2ccc(N3CC(C)NC(C)C3)cc2)ncc1C(N)=O. The topological polar surface area (TPSA) is 105 Å². The molecule has 1 aliphatic heterocycles. The number of anilines is 4. The monoisotopic (exact) mass is 460 g/mol. The van der Waals surface area contributed by atoms with E-state index in [4.69, 9.17) is 10.5 Å². The van der Waals surface area contributed by atoms with Gasteiger partial charge in [0.1, 0.15) is 11.6 Å². The van der Waals surface area contributed by atoms with Crippen molar-refractivity contribution in [3.05, 3.63) is 71.9 Å². The molecule has 3 aromatic rings. The summed E-state index contributed by atoms with van der Waals surface area (Å²) in [5.74, 6) is 0.853. The normalized spacial score (nSPS) is 17.8. The average molecular weight is 461 g/mol. The van der Waals surface area contributed by atoms with Crippen molar-refractivity contribution in [2.24, 2.45) is 5.73 Å². The van der Waals surface area contributed by atoms with Gasteiger partial charge in [0.25, 0.3) is 5.91 Å². The van der Waals surface area contributed by atoms with Crippen LogP contribution in [0.4, 0.5) is 22.9 Å². The highest BCUT2D eigenvalue weighted by molar-refractivity contribution is 5.98. The number of benzene rings is 2. The second-order valence-corrected chi connectivity index (χ2v) is 8.69. The van der Waals surface area contributed by atoms with Crippen molar-refractivity contribution in [3.63, 3.8) is 0 Å². The number of nitrogens with one attached hydrogen (secondary N) is 3. The largest absolute Gasteiger partial charge is 0.496 e. The number of rotatable bonds is 8. The number of ether oxygens (including phenoxy) is 1. The molecule has 0 bridgehead atoms. The molecule has 34 heavy (non-hydrogen) atoms. The Bertz CT molecular complexity index is 1120. The van der Waals surface area contributed by atoms with Crippen molar-refractivity contribution in [1.82, 2.24) is 10.3 Å². The number of methoxy groups -OCH3 is 1. The van der Waals surface area contributed by atoms with Crippen LogP contribution in [0.25, 0.3) is 0 Å². The molecule has 1 fully saturated rings. The summed E-state index contributed by atoms with van der Waals surface area (Å²) in [5, 5.41) is 10.2. The standard InChI is InChI=1S/C26H32N6O2/c1-17-15-32(16-18(2)30-17)21-10-8-20(9-11-21)31-25-12-23(22(14-29-25)26(27)33)28-13-19-6-4-5-7-24(19)34-3/h4-12,14,17-18,30H,13,15-16H2,1-3H3,(H2,27,33)(H2,28,29,31). The predicted octanol–water partition coefficient (Wildman–Crippen LogP) is 3.73. The third kappa shape index (κ3) is 5.58. The first-order chi connectivity index (χ1) is 16.4. The van der Waals surface area contributed by atoms with E-state index in [-0.39, 0.29) is 0 Å². The molecule has 2 aromatic carbocycles. The molecule has 0 saturated carbocycles. The number of aromatic nitrogens is 1. The zero-order valence-electron chi connectivity index (χ0n) is 19.8. The lowest BCUT2D eigenvalue weighted by Crippen LogP contribution is -2.54. The van der Waals surface area contributed by atoms with Crippen LogP contribution >= 0.6 is 0 Å². The molecule has 0 aliphatic carbocycles. The van der Waals surface area contributed by atoms with E-state index in [0.717, 1.165) is 30.1 Å². The first kappa shape index (κ1) is 23.4. The zero-order chi connectivity index (χ0) is 24.1. The van der Waals surface area contributed by atoms with Gasteiger partial charge < -0.3 is 31.3 Å². The van der Waals surface area contributed by atoms with Gasteiger partial charge in [0, 0.05) is 60.9 Å². The van der Waals surface area contributed by atoms with Crippen LogP contribution in [0.15, 0.2) is 60.8 Å². The minimum atomic E-state index is -0.537. The lowest BCUT2D eigenvalue weighted by Gasteiger charge is -2.37. The Morgan fingerprint density at radius 3 is 2.53 bits per heavy atom. The van der Waals surface area contributed by atoms with Crippen LogP contribution in [-0.2, 0) is 6.54 Å². The molecule has 2 unspecified atom stereocenters. The minimum absolute atomic E-state index is 0.331. The number of primary amides is 1. The number of nitrogens with two attached hydrogens (primary N) is 1. The zero-order valence-corrected chi connectivity index (χ0v) is 19.8. The van der Waals surface area contributed by atoms with Crippen molar-refractivity contribution < 1.29 is 9.53 Å². The Hall–Kier alpha value is -3.78. The Balaban J connectivity index is 1.48. The average Bonchev–Trinajstić information content (AvgIpc) is 2.82. The van der Waals surface area contributed by atoms with Gasteiger partial charge in [0.15, 0.2) is 0 Å². The molecule has 5 N–H and O–H groups in total. The Kier molecular flexibility index (Phi) is 7.18. The molecule has 2 atom stereocenters. The summed E-state index contributed by atoms with van der Waals surface area (Å²) in [7, 11) is 1.64. The lowest BCUT2D eigenvalue weighted by molar-refractivity contribution is 0.100. The maximum Gasteiger partial charge on any atom is 0.252 e. The van der Waals surface area contributed by atoms with Crippen LogP contribution in [0.3, 0.4) is 0 Å². The van der Waals surface area contributed by atoms with Crippen molar-refractivity contribution in [1.29, 1.82) is 0 Å². The van der Waals surface area contributed by atoms with Crippen molar-refractivity contribution in [2.75, 3.05) is 35.7 Å². The minimum Gasteiger partial charge on any atom is -0.496 e. The third-order valence-corrected chi connectivity index (χ3v) is 5.89. The maximum atomic E-state index is 11.9. The number of carbonyl (C=O) groups excluding carboxylic acids is 1. The van der Waals surface area contributed by atoms with Gasteiger partial charge in [-0.1, -0.05) is 18.2 Å². The van der Waals surface area contributed by atoms with E-state index >= 15 is 0 Å². The van der Waals surface area contributed by atoms with Crippen LogP contribution in [0.5, 0.6) is 5.75 Å². The number of pyridine rings is 1. The Morgan fingerprint density at radius 2 is 1.85 bits per heavy atom. The number of hydrogen-bond acceptors (Lipinski definition) is 7. The summed E-state index contributed by atoms with van der Waals surface area (Å²) < 4.78 is 5.42. The van der Waals surface area contributed by atoms with Crippen LogP contribution in [0.1, 0.15) is 29.8 Å². The van der Waals surface area contributed by atoms with Gasteiger partial charge in [-0.15, -0.1) is 0 Å². The van der Waals surface area contributed by atoms with E-state index in [1.807, 2.05) is 36.4 Å². The number of piperazine rings is 1. The van der Waals surface area contributed by atoms with Crippen molar-refractivity contribution >= 4 is 28.8 Å². The first-order valence-corrected chi connectivity index (χ1v) is 11.5. The van der Waals surface area contributed by atoms with Gasteiger partial charge in [-0.3, -0.25) is 4.79 Å². The second-order valence-electron chi connectivity index (χ2n) is 8.69. The van der Waals surface area contributed by atoms with Crippen LogP contribution in [0.2, 0.25) is 0 Å². The quantitative estimate of drug-likeness (QED) is 0.406. The molecule has 0 radical (unpaired) electrons. The molecular formula is C26H32N6O2. The molecule has 1 saturated heterocycles. The lowest BCUT2D eigenvalue weighted by atomic mass is 10.1.